The van der Waals surface area contributed by atoms with Crippen LogP contribution in [0.3, 0.4) is 0 Å². The molecule has 0 radical (unpaired) electrons. The number of benzene rings is 1. The Morgan fingerprint density at radius 1 is 1.38 bits per heavy atom. The highest BCUT2D eigenvalue weighted by molar-refractivity contribution is 5.29. The largest absolute Gasteiger partial charge is 0.419 e. The van der Waals surface area contributed by atoms with Gasteiger partial charge < -0.3 is 5.73 Å². The molecule has 3 atom stereocenters. The average Bonchev–Trinajstić information content (AvgIpc) is 3.06. The number of hydrogen-bond donors (Lipinski definition) is 1. The lowest BCUT2D eigenvalue weighted by atomic mass is 10.0. The van der Waals surface area contributed by atoms with Crippen LogP contribution in [0.2, 0.25) is 0 Å². The Labute approximate surface area is 121 Å². The molecule has 1 aliphatic rings. The summed E-state index contributed by atoms with van der Waals surface area (Å²) in [6.45, 7) is 3.14. The maximum Gasteiger partial charge on any atom is 0.419 e. The molecular formula is C15H20F4N2. The Morgan fingerprint density at radius 3 is 2.48 bits per heavy atom. The maximum atomic E-state index is 13.3. The van der Waals surface area contributed by atoms with Crippen molar-refractivity contribution in [2.45, 2.75) is 25.6 Å². The van der Waals surface area contributed by atoms with Crippen molar-refractivity contribution in [3.05, 3.63) is 35.1 Å². The first-order valence-electron chi connectivity index (χ1n) is 7.01. The van der Waals surface area contributed by atoms with Gasteiger partial charge in [0.05, 0.1) is 5.56 Å². The summed E-state index contributed by atoms with van der Waals surface area (Å²) >= 11 is 0. The Bertz CT molecular complexity index is 501. The van der Waals surface area contributed by atoms with Gasteiger partial charge in [0.1, 0.15) is 5.82 Å². The summed E-state index contributed by atoms with van der Waals surface area (Å²) < 4.78 is 51.7. The van der Waals surface area contributed by atoms with Gasteiger partial charge in [0.2, 0.25) is 0 Å². The number of halogens is 4. The molecule has 0 bridgehead atoms. The second-order valence-electron chi connectivity index (χ2n) is 5.90. The highest BCUT2D eigenvalue weighted by Gasteiger charge is 2.36. The van der Waals surface area contributed by atoms with Crippen LogP contribution in [0.1, 0.15) is 30.5 Å². The summed E-state index contributed by atoms with van der Waals surface area (Å²) in [5, 5.41) is 0. The average molecular weight is 304 g/mol. The molecule has 21 heavy (non-hydrogen) atoms. The van der Waals surface area contributed by atoms with E-state index in [2.05, 4.69) is 6.92 Å². The normalized spacial score (nSPS) is 23.4. The lowest BCUT2D eigenvalue weighted by Gasteiger charge is -2.28. The van der Waals surface area contributed by atoms with E-state index in [1.807, 2.05) is 11.9 Å². The number of nitrogens with zero attached hydrogens (tertiary/aromatic N) is 1. The highest BCUT2D eigenvalue weighted by atomic mass is 19.4. The summed E-state index contributed by atoms with van der Waals surface area (Å²) in [4.78, 5) is 1.96. The molecule has 0 amide bonds. The van der Waals surface area contributed by atoms with Crippen molar-refractivity contribution < 1.29 is 17.6 Å². The third-order valence-electron chi connectivity index (χ3n) is 4.23. The van der Waals surface area contributed by atoms with E-state index < -0.39 is 17.6 Å². The summed E-state index contributed by atoms with van der Waals surface area (Å²) in [5.74, 6) is -0.0168. The molecule has 1 aromatic rings. The Kier molecular flexibility index (Phi) is 4.58. The van der Waals surface area contributed by atoms with Crippen molar-refractivity contribution in [3.63, 3.8) is 0 Å². The van der Waals surface area contributed by atoms with E-state index in [0.29, 0.717) is 17.4 Å². The standard InChI is InChI=1S/C15H20F4N2/c1-9-5-11(9)8-21(2)14(7-20)10-3-4-13(16)12(6-10)15(17,18)19/h3-4,6,9,11,14H,5,7-8,20H2,1-2H3. The van der Waals surface area contributed by atoms with Gasteiger partial charge in [-0.3, -0.25) is 4.90 Å². The smallest absolute Gasteiger partial charge is 0.329 e. The van der Waals surface area contributed by atoms with E-state index >= 15 is 0 Å². The predicted octanol–water partition coefficient (Wildman–Crippen LogP) is 3.43. The zero-order valence-corrected chi connectivity index (χ0v) is 12.1. The van der Waals surface area contributed by atoms with E-state index in [4.69, 9.17) is 5.73 Å². The maximum absolute atomic E-state index is 13.3. The molecule has 2 N–H and O–H groups in total. The van der Waals surface area contributed by atoms with Gasteiger partial charge >= 0.3 is 6.18 Å². The first kappa shape index (κ1) is 16.2. The van der Waals surface area contributed by atoms with E-state index in [1.54, 1.807) is 0 Å². The van der Waals surface area contributed by atoms with Crippen LogP contribution in [0.15, 0.2) is 18.2 Å². The van der Waals surface area contributed by atoms with Crippen molar-refractivity contribution in [2.75, 3.05) is 20.1 Å². The predicted molar refractivity (Wildman–Crippen MR) is 73.1 cm³/mol. The SMILES string of the molecule is CC1CC1CN(C)C(CN)c1ccc(F)c(C(F)(F)F)c1. The van der Waals surface area contributed by atoms with E-state index in [0.717, 1.165) is 25.1 Å². The number of likely N-dealkylation sites (N-methyl/N-ethyl adjacent to an activating group) is 1. The molecule has 0 aliphatic heterocycles. The highest BCUT2D eigenvalue weighted by Crippen LogP contribution is 2.39. The third-order valence-corrected chi connectivity index (χ3v) is 4.23. The van der Waals surface area contributed by atoms with Gasteiger partial charge in [0.25, 0.3) is 0 Å². The molecule has 118 valence electrons. The first-order valence-corrected chi connectivity index (χ1v) is 7.01. The summed E-state index contributed by atoms with van der Waals surface area (Å²) in [5.41, 5.74) is 4.89. The fourth-order valence-corrected chi connectivity index (χ4v) is 2.69. The van der Waals surface area contributed by atoms with Crippen LogP contribution in [-0.4, -0.2) is 25.0 Å². The van der Waals surface area contributed by atoms with Crippen LogP contribution >= 0.6 is 0 Å². The number of hydrogen-bond acceptors (Lipinski definition) is 2. The molecule has 0 heterocycles. The molecule has 0 saturated heterocycles. The number of alkyl halides is 3. The Balaban J connectivity index is 2.21. The minimum atomic E-state index is -4.69. The monoisotopic (exact) mass is 304 g/mol. The van der Waals surface area contributed by atoms with Gasteiger partial charge in [-0.1, -0.05) is 13.0 Å². The molecule has 1 saturated carbocycles. The molecule has 2 nitrogen and oxygen atoms in total. The van der Waals surface area contributed by atoms with Crippen LogP contribution < -0.4 is 5.73 Å². The van der Waals surface area contributed by atoms with Crippen LogP contribution in [0.5, 0.6) is 0 Å². The molecule has 6 heteroatoms. The fourth-order valence-electron chi connectivity index (χ4n) is 2.69. The topological polar surface area (TPSA) is 29.3 Å². The van der Waals surface area contributed by atoms with Gasteiger partial charge in [0, 0.05) is 19.1 Å². The van der Waals surface area contributed by atoms with E-state index in [9.17, 15) is 17.6 Å². The number of rotatable bonds is 5. The fraction of sp³-hybridized carbons (Fsp3) is 0.600. The zero-order valence-electron chi connectivity index (χ0n) is 12.1. The minimum absolute atomic E-state index is 0.195. The van der Waals surface area contributed by atoms with Crippen LogP contribution in [-0.2, 0) is 6.18 Å². The second kappa shape index (κ2) is 5.93. The zero-order chi connectivity index (χ0) is 15.8. The minimum Gasteiger partial charge on any atom is -0.329 e. The Hall–Kier alpha value is -1.14. The van der Waals surface area contributed by atoms with E-state index in [-0.39, 0.29) is 12.6 Å². The van der Waals surface area contributed by atoms with Gasteiger partial charge in [-0.2, -0.15) is 13.2 Å². The summed E-state index contributed by atoms with van der Waals surface area (Å²) in [6.07, 6.45) is -3.55. The third kappa shape index (κ3) is 3.74. The quantitative estimate of drug-likeness (QED) is 0.845. The molecular weight excluding hydrogens is 284 g/mol. The first-order chi connectivity index (χ1) is 9.74. The molecule has 2 rings (SSSR count). The van der Waals surface area contributed by atoms with Gasteiger partial charge in [-0.05, 0) is 43.0 Å². The molecule has 1 fully saturated rings. The summed E-state index contributed by atoms with van der Waals surface area (Å²) in [7, 11) is 1.85. The molecule has 3 unspecified atom stereocenters. The van der Waals surface area contributed by atoms with Gasteiger partial charge in [0.15, 0.2) is 0 Å². The lowest BCUT2D eigenvalue weighted by Crippen LogP contribution is -2.32. The Morgan fingerprint density at radius 2 is 2.00 bits per heavy atom. The summed E-state index contributed by atoms with van der Waals surface area (Å²) in [6, 6.07) is 2.79. The van der Waals surface area contributed by atoms with Crippen LogP contribution in [0.25, 0.3) is 0 Å². The molecule has 0 spiro atoms. The van der Waals surface area contributed by atoms with Gasteiger partial charge in [-0.15, -0.1) is 0 Å². The van der Waals surface area contributed by atoms with Crippen molar-refractivity contribution >= 4 is 0 Å². The lowest BCUT2D eigenvalue weighted by molar-refractivity contribution is -0.140. The van der Waals surface area contributed by atoms with Gasteiger partial charge in [-0.25, -0.2) is 4.39 Å². The van der Waals surface area contributed by atoms with Crippen molar-refractivity contribution in [2.24, 2.45) is 17.6 Å². The molecule has 0 aromatic heterocycles. The second-order valence-corrected chi connectivity index (χ2v) is 5.90. The van der Waals surface area contributed by atoms with Crippen LogP contribution in [0, 0.1) is 17.7 Å². The van der Waals surface area contributed by atoms with Crippen molar-refractivity contribution in [1.82, 2.24) is 4.90 Å². The van der Waals surface area contributed by atoms with Crippen molar-refractivity contribution in [3.8, 4) is 0 Å². The molecule has 1 aliphatic carbocycles. The van der Waals surface area contributed by atoms with E-state index in [1.165, 1.54) is 6.07 Å². The van der Waals surface area contributed by atoms with Crippen LogP contribution in [0.4, 0.5) is 17.6 Å². The van der Waals surface area contributed by atoms with Crippen molar-refractivity contribution in [1.29, 1.82) is 0 Å². The number of nitrogens with two attached hydrogens (primary N) is 1. The molecule has 1 aromatic carbocycles.